The summed E-state index contributed by atoms with van der Waals surface area (Å²) in [6.45, 7) is 4.15. The quantitative estimate of drug-likeness (QED) is 0.429. The highest BCUT2D eigenvalue weighted by Crippen LogP contribution is 2.04. The van der Waals surface area contributed by atoms with Crippen molar-refractivity contribution in [3.63, 3.8) is 0 Å². The zero-order valence-electron chi connectivity index (χ0n) is 9.49. The molecule has 0 unspecified atom stereocenters. The molecular formula is C14H14O2. The molecule has 0 saturated heterocycles. The molecule has 0 atom stereocenters. The van der Waals surface area contributed by atoms with Crippen LogP contribution in [0.2, 0.25) is 0 Å². The predicted molar refractivity (Wildman–Crippen MR) is 63.8 cm³/mol. The lowest BCUT2D eigenvalue weighted by atomic mass is 10.1. The van der Waals surface area contributed by atoms with Crippen molar-refractivity contribution in [2.75, 3.05) is 6.61 Å². The van der Waals surface area contributed by atoms with Gasteiger partial charge in [0.05, 0.1) is 6.61 Å². The van der Waals surface area contributed by atoms with Gasteiger partial charge in [-0.1, -0.05) is 30.0 Å². The Bertz CT molecular complexity index is 447. The van der Waals surface area contributed by atoms with Crippen molar-refractivity contribution in [3.05, 3.63) is 47.5 Å². The smallest absolute Gasteiger partial charge is 0.331 e. The van der Waals surface area contributed by atoms with E-state index in [0.29, 0.717) is 6.61 Å². The molecule has 0 fully saturated rings. The second-order valence-corrected chi connectivity index (χ2v) is 3.17. The first kappa shape index (κ1) is 12.1. The highest BCUT2D eigenvalue weighted by molar-refractivity contribution is 5.82. The van der Waals surface area contributed by atoms with Gasteiger partial charge in [-0.2, -0.15) is 0 Å². The molecular weight excluding hydrogens is 200 g/mol. The molecule has 0 saturated carbocycles. The summed E-state index contributed by atoms with van der Waals surface area (Å²) >= 11 is 0. The van der Waals surface area contributed by atoms with Gasteiger partial charge in [-0.05, 0) is 31.6 Å². The SMILES string of the molecule is CCOC(=O)/C=C\C#Cc1ccccc1C. The van der Waals surface area contributed by atoms with E-state index < -0.39 is 0 Å². The van der Waals surface area contributed by atoms with E-state index in [0.717, 1.165) is 11.1 Å². The molecule has 0 N–H and O–H groups in total. The standard InChI is InChI=1S/C14H14O2/c1-3-16-14(15)11-7-6-10-13-9-5-4-8-12(13)2/h4-5,7-9,11H,3H2,1-2H3/b11-7-. The summed E-state index contributed by atoms with van der Waals surface area (Å²) < 4.78 is 4.72. The fourth-order valence-electron chi connectivity index (χ4n) is 1.13. The van der Waals surface area contributed by atoms with Crippen LogP contribution in [0.15, 0.2) is 36.4 Å². The van der Waals surface area contributed by atoms with Crippen LogP contribution in [0.3, 0.4) is 0 Å². The number of benzene rings is 1. The van der Waals surface area contributed by atoms with Gasteiger partial charge in [0.25, 0.3) is 0 Å². The van der Waals surface area contributed by atoms with Crippen molar-refractivity contribution >= 4 is 5.97 Å². The van der Waals surface area contributed by atoms with Crippen LogP contribution < -0.4 is 0 Å². The molecule has 1 aromatic rings. The van der Waals surface area contributed by atoms with Crippen LogP contribution >= 0.6 is 0 Å². The molecule has 0 aliphatic carbocycles. The summed E-state index contributed by atoms with van der Waals surface area (Å²) in [6, 6.07) is 7.85. The van der Waals surface area contributed by atoms with Gasteiger partial charge in [-0.15, -0.1) is 0 Å². The molecule has 1 aromatic carbocycles. The Balaban J connectivity index is 2.62. The van der Waals surface area contributed by atoms with Crippen LogP contribution in [0.1, 0.15) is 18.1 Å². The van der Waals surface area contributed by atoms with Gasteiger partial charge < -0.3 is 4.74 Å². The van der Waals surface area contributed by atoms with Crippen LogP contribution in [0.5, 0.6) is 0 Å². The molecule has 2 heteroatoms. The fourth-order valence-corrected chi connectivity index (χ4v) is 1.13. The van der Waals surface area contributed by atoms with Crippen molar-refractivity contribution < 1.29 is 9.53 Å². The van der Waals surface area contributed by atoms with E-state index in [9.17, 15) is 4.79 Å². The van der Waals surface area contributed by atoms with Crippen LogP contribution in [-0.4, -0.2) is 12.6 Å². The van der Waals surface area contributed by atoms with Crippen LogP contribution in [0, 0.1) is 18.8 Å². The first-order chi connectivity index (χ1) is 7.74. The topological polar surface area (TPSA) is 26.3 Å². The van der Waals surface area contributed by atoms with E-state index in [2.05, 4.69) is 11.8 Å². The van der Waals surface area contributed by atoms with Crippen molar-refractivity contribution in [2.45, 2.75) is 13.8 Å². The maximum absolute atomic E-state index is 10.9. The largest absolute Gasteiger partial charge is 0.463 e. The van der Waals surface area contributed by atoms with E-state index in [1.54, 1.807) is 6.92 Å². The van der Waals surface area contributed by atoms with E-state index in [1.807, 2.05) is 31.2 Å². The summed E-state index contributed by atoms with van der Waals surface area (Å²) in [6.07, 6.45) is 2.83. The van der Waals surface area contributed by atoms with Crippen molar-refractivity contribution in [3.8, 4) is 11.8 Å². The van der Waals surface area contributed by atoms with Crippen molar-refractivity contribution in [1.82, 2.24) is 0 Å². The summed E-state index contributed by atoms with van der Waals surface area (Å²) in [5.74, 6) is 5.41. The number of rotatable bonds is 2. The highest BCUT2D eigenvalue weighted by Gasteiger charge is 1.91. The Morgan fingerprint density at radius 3 is 2.88 bits per heavy atom. The van der Waals surface area contributed by atoms with Gasteiger partial charge in [-0.25, -0.2) is 4.79 Å². The van der Waals surface area contributed by atoms with Crippen LogP contribution in [-0.2, 0) is 9.53 Å². The highest BCUT2D eigenvalue weighted by atomic mass is 16.5. The van der Waals surface area contributed by atoms with E-state index >= 15 is 0 Å². The zero-order valence-corrected chi connectivity index (χ0v) is 9.49. The lowest BCUT2D eigenvalue weighted by Crippen LogP contribution is -1.98. The summed E-state index contributed by atoms with van der Waals surface area (Å²) in [7, 11) is 0. The number of carbonyl (C=O) groups excluding carboxylic acids is 1. The molecule has 0 heterocycles. The number of carbonyl (C=O) groups is 1. The van der Waals surface area contributed by atoms with Gasteiger partial charge in [-0.3, -0.25) is 0 Å². The minimum Gasteiger partial charge on any atom is -0.463 e. The molecule has 2 nitrogen and oxygen atoms in total. The number of ether oxygens (including phenoxy) is 1. The first-order valence-electron chi connectivity index (χ1n) is 5.14. The van der Waals surface area contributed by atoms with Gasteiger partial charge in [0.15, 0.2) is 0 Å². The minimum atomic E-state index is -0.360. The van der Waals surface area contributed by atoms with E-state index in [1.165, 1.54) is 12.2 Å². The maximum atomic E-state index is 10.9. The molecule has 1 rings (SSSR count). The molecule has 16 heavy (non-hydrogen) atoms. The lowest BCUT2D eigenvalue weighted by Gasteiger charge is -1.94. The molecule has 0 aromatic heterocycles. The Morgan fingerprint density at radius 2 is 2.19 bits per heavy atom. The van der Waals surface area contributed by atoms with E-state index in [-0.39, 0.29) is 5.97 Å². The van der Waals surface area contributed by atoms with Crippen molar-refractivity contribution in [2.24, 2.45) is 0 Å². The van der Waals surface area contributed by atoms with Gasteiger partial charge in [0.1, 0.15) is 0 Å². The maximum Gasteiger partial charge on any atom is 0.331 e. The number of hydrogen-bond acceptors (Lipinski definition) is 2. The average molecular weight is 214 g/mol. The Morgan fingerprint density at radius 1 is 1.44 bits per heavy atom. The monoisotopic (exact) mass is 214 g/mol. The summed E-state index contributed by atoms with van der Waals surface area (Å²) in [5, 5.41) is 0. The molecule has 82 valence electrons. The number of esters is 1. The minimum absolute atomic E-state index is 0.360. The van der Waals surface area contributed by atoms with Crippen LogP contribution in [0.25, 0.3) is 0 Å². The van der Waals surface area contributed by atoms with Crippen LogP contribution in [0.4, 0.5) is 0 Å². The fraction of sp³-hybridized carbons (Fsp3) is 0.214. The van der Waals surface area contributed by atoms with Crippen molar-refractivity contribution in [1.29, 1.82) is 0 Å². The average Bonchev–Trinajstić information content (AvgIpc) is 2.27. The van der Waals surface area contributed by atoms with Gasteiger partial charge in [0.2, 0.25) is 0 Å². The van der Waals surface area contributed by atoms with E-state index in [4.69, 9.17) is 4.74 Å². The molecule has 0 aliphatic heterocycles. The second-order valence-electron chi connectivity index (χ2n) is 3.17. The molecule has 0 aliphatic rings. The lowest BCUT2D eigenvalue weighted by molar-refractivity contribution is -0.137. The zero-order chi connectivity index (χ0) is 11.8. The number of hydrogen-bond donors (Lipinski definition) is 0. The number of aryl methyl sites for hydroxylation is 1. The Labute approximate surface area is 95.9 Å². The third-order valence-electron chi connectivity index (χ3n) is 1.94. The number of allylic oxidation sites excluding steroid dienone is 1. The Hall–Kier alpha value is -2.01. The van der Waals surface area contributed by atoms with Gasteiger partial charge >= 0.3 is 5.97 Å². The summed E-state index contributed by atoms with van der Waals surface area (Å²) in [5.41, 5.74) is 2.09. The predicted octanol–water partition coefficient (Wildman–Crippen LogP) is 2.47. The third-order valence-corrected chi connectivity index (χ3v) is 1.94. The normalized spacial score (nSPS) is 9.62. The molecule has 0 radical (unpaired) electrons. The Kier molecular flexibility index (Phi) is 4.88. The first-order valence-corrected chi connectivity index (χ1v) is 5.14. The molecule has 0 bridgehead atoms. The van der Waals surface area contributed by atoms with Gasteiger partial charge in [0, 0.05) is 11.6 Å². The third kappa shape index (κ3) is 4.02. The summed E-state index contributed by atoms with van der Waals surface area (Å²) in [4.78, 5) is 10.9. The second kappa shape index (κ2) is 6.47. The molecule has 0 amide bonds. The molecule has 0 spiro atoms.